The first kappa shape index (κ1) is 25.1. The maximum atomic E-state index is 13.8. The fraction of sp³-hybridized carbons (Fsp3) is 0.500. The average molecular weight is 484 g/mol. The lowest BCUT2D eigenvalue weighted by Gasteiger charge is -2.39. The predicted octanol–water partition coefficient (Wildman–Crippen LogP) is 5.78. The number of methoxy groups -OCH3 is 1. The molecule has 0 saturated heterocycles. The number of hydrogen-bond donors (Lipinski definition) is 1. The lowest BCUT2D eigenvalue weighted by Crippen LogP contribution is -2.41. The summed E-state index contributed by atoms with van der Waals surface area (Å²) in [5, 5.41) is 3.08. The van der Waals surface area contributed by atoms with E-state index in [9.17, 15) is 13.6 Å². The van der Waals surface area contributed by atoms with E-state index in [1.807, 2.05) is 25.1 Å². The molecule has 0 bridgehead atoms. The van der Waals surface area contributed by atoms with Gasteiger partial charge < -0.3 is 15.0 Å². The van der Waals surface area contributed by atoms with Crippen LogP contribution in [0.5, 0.6) is 5.88 Å². The maximum Gasteiger partial charge on any atom is 0.251 e. The van der Waals surface area contributed by atoms with Gasteiger partial charge in [0.25, 0.3) is 5.91 Å². The zero-order valence-electron chi connectivity index (χ0n) is 20.9. The molecule has 1 aromatic heterocycles. The number of anilines is 1. The number of nitrogens with zero attached hydrogens (tertiary/aromatic N) is 2. The summed E-state index contributed by atoms with van der Waals surface area (Å²) in [6.07, 6.45) is 7.31. The molecule has 7 heteroatoms. The highest BCUT2D eigenvalue weighted by Crippen LogP contribution is 2.38. The molecule has 0 radical (unpaired) electrons. The Morgan fingerprint density at radius 2 is 1.97 bits per heavy atom. The van der Waals surface area contributed by atoms with Crippen LogP contribution in [-0.2, 0) is 19.4 Å². The fourth-order valence-corrected chi connectivity index (χ4v) is 5.37. The van der Waals surface area contributed by atoms with E-state index in [-0.39, 0.29) is 24.8 Å². The van der Waals surface area contributed by atoms with Crippen LogP contribution >= 0.6 is 0 Å². The smallest absolute Gasteiger partial charge is 0.251 e. The normalized spacial score (nSPS) is 19.4. The van der Waals surface area contributed by atoms with Crippen LogP contribution in [0.2, 0.25) is 0 Å². The summed E-state index contributed by atoms with van der Waals surface area (Å²) >= 11 is 0. The number of nitrogens with one attached hydrogen (secondary N) is 1. The first-order chi connectivity index (χ1) is 16.8. The molecule has 35 heavy (non-hydrogen) atoms. The average Bonchev–Trinajstić information content (AvgIpc) is 2.83. The molecule has 2 heterocycles. The van der Waals surface area contributed by atoms with Crippen molar-refractivity contribution in [3.63, 3.8) is 0 Å². The quantitative estimate of drug-likeness (QED) is 0.561. The molecule has 1 amide bonds. The number of alkyl halides is 2. The fourth-order valence-electron chi connectivity index (χ4n) is 5.37. The van der Waals surface area contributed by atoms with Crippen molar-refractivity contribution in [2.45, 2.75) is 77.3 Å². The number of allylic oxidation sites excluding steroid dienone is 2. The van der Waals surface area contributed by atoms with Crippen molar-refractivity contribution in [2.75, 3.05) is 18.6 Å². The number of ether oxygens (including phenoxy) is 1. The number of aromatic nitrogens is 1. The molecule has 1 fully saturated rings. The molecule has 2 aromatic rings. The molecule has 188 valence electrons. The topological polar surface area (TPSA) is 54.5 Å². The highest BCUT2D eigenvalue weighted by molar-refractivity contribution is 5.97. The number of aryl methyl sites for hydroxylation is 2. The molecular weight excluding hydrogens is 448 g/mol. The number of pyridine rings is 1. The van der Waals surface area contributed by atoms with Crippen LogP contribution in [-0.4, -0.2) is 36.5 Å². The molecule has 1 aliphatic carbocycles. The second kappa shape index (κ2) is 10.8. The van der Waals surface area contributed by atoms with Gasteiger partial charge in [0.2, 0.25) is 11.8 Å². The van der Waals surface area contributed by atoms with Crippen LogP contribution in [0.15, 0.2) is 36.4 Å². The Morgan fingerprint density at radius 1 is 1.20 bits per heavy atom. The maximum absolute atomic E-state index is 13.8. The van der Waals surface area contributed by atoms with Crippen LogP contribution in [0, 0.1) is 6.92 Å². The molecule has 4 rings (SSSR count). The first-order valence-corrected chi connectivity index (χ1v) is 12.6. The molecule has 1 N–H and O–H groups in total. The third-order valence-corrected chi connectivity index (χ3v) is 7.17. The largest absolute Gasteiger partial charge is 0.481 e. The minimum absolute atomic E-state index is 0.0463. The molecule has 0 spiro atoms. The standard InChI is InChI=1S/C28H35F2N3O2/c1-4-33(21-13-15-28(29,30)16-14-21)25-12-8-11-23-22(25)10-7-5-6-9-20-17-19(2)32-27(35-3)24(20)18-31-26(23)34/h5,7-8,11-12,17,21H,4,6,9-10,13-16,18H2,1-3H3,(H,31,34)/b7-5-. The van der Waals surface area contributed by atoms with E-state index in [1.165, 1.54) is 0 Å². The lowest BCUT2D eigenvalue weighted by atomic mass is 9.89. The number of carbonyl (C=O) groups excluding carboxylic acids is 1. The van der Waals surface area contributed by atoms with Crippen molar-refractivity contribution in [3.8, 4) is 5.88 Å². The third-order valence-electron chi connectivity index (χ3n) is 7.17. The molecule has 1 aromatic carbocycles. The zero-order valence-corrected chi connectivity index (χ0v) is 20.9. The third kappa shape index (κ3) is 5.65. The number of carbonyl (C=O) groups is 1. The molecule has 5 nitrogen and oxygen atoms in total. The number of benzene rings is 1. The molecule has 0 unspecified atom stereocenters. The Labute approximate surface area is 206 Å². The summed E-state index contributed by atoms with van der Waals surface area (Å²) in [4.78, 5) is 20.1. The van der Waals surface area contributed by atoms with Crippen LogP contribution in [0.1, 0.15) is 71.8 Å². The lowest BCUT2D eigenvalue weighted by molar-refractivity contribution is -0.0380. The number of halogens is 2. The Bertz CT molecular complexity index is 1090. The number of fused-ring (bicyclic) bond motifs is 2. The van der Waals surface area contributed by atoms with E-state index < -0.39 is 5.92 Å². The molecular formula is C28H35F2N3O2. The summed E-state index contributed by atoms with van der Waals surface area (Å²) in [6.45, 7) is 5.02. The van der Waals surface area contributed by atoms with Crippen LogP contribution in [0.25, 0.3) is 0 Å². The van der Waals surface area contributed by atoms with Gasteiger partial charge in [0.1, 0.15) is 0 Å². The van der Waals surface area contributed by atoms with Gasteiger partial charge in [-0.25, -0.2) is 13.8 Å². The molecule has 1 saturated carbocycles. The van der Waals surface area contributed by atoms with Crippen LogP contribution in [0.3, 0.4) is 0 Å². The number of rotatable bonds is 4. The summed E-state index contributed by atoms with van der Waals surface area (Å²) in [6, 6.07) is 7.87. The highest BCUT2D eigenvalue weighted by Gasteiger charge is 2.37. The highest BCUT2D eigenvalue weighted by atomic mass is 19.3. The van der Waals surface area contributed by atoms with Gasteiger partial charge in [0.05, 0.1) is 7.11 Å². The Kier molecular flexibility index (Phi) is 7.72. The van der Waals surface area contributed by atoms with E-state index in [4.69, 9.17) is 4.74 Å². The van der Waals surface area contributed by atoms with Crippen molar-refractivity contribution in [3.05, 3.63) is 64.4 Å². The summed E-state index contributed by atoms with van der Waals surface area (Å²) in [7, 11) is 1.60. The van der Waals surface area contributed by atoms with Gasteiger partial charge in [-0.2, -0.15) is 0 Å². The van der Waals surface area contributed by atoms with E-state index in [0.29, 0.717) is 43.8 Å². The predicted molar refractivity (Wildman–Crippen MR) is 135 cm³/mol. The minimum Gasteiger partial charge on any atom is -0.481 e. The van der Waals surface area contributed by atoms with E-state index >= 15 is 0 Å². The summed E-state index contributed by atoms with van der Waals surface area (Å²) in [5.41, 5.74) is 5.44. The van der Waals surface area contributed by atoms with E-state index in [0.717, 1.165) is 40.9 Å². The van der Waals surface area contributed by atoms with Gasteiger partial charge in [0.15, 0.2) is 0 Å². The minimum atomic E-state index is -2.57. The van der Waals surface area contributed by atoms with Crippen molar-refractivity contribution >= 4 is 11.6 Å². The van der Waals surface area contributed by atoms with Crippen molar-refractivity contribution in [2.24, 2.45) is 0 Å². The Hall–Kier alpha value is -2.96. The molecule has 0 atom stereocenters. The van der Waals surface area contributed by atoms with Crippen molar-refractivity contribution in [1.29, 1.82) is 0 Å². The number of hydrogen-bond acceptors (Lipinski definition) is 4. The second-order valence-electron chi connectivity index (χ2n) is 9.48. The Morgan fingerprint density at radius 3 is 2.69 bits per heavy atom. The summed E-state index contributed by atoms with van der Waals surface area (Å²) in [5.74, 6) is -2.18. The first-order valence-electron chi connectivity index (χ1n) is 12.6. The van der Waals surface area contributed by atoms with Gasteiger partial charge >= 0.3 is 0 Å². The monoisotopic (exact) mass is 483 g/mol. The second-order valence-corrected chi connectivity index (χ2v) is 9.48. The SMILES string of the molecule is CCN(c1cccc2c1C/C=C\CCc1cc(C)nc(OC)c1CNC2=O)C1CCC(F)(F)CC1. The van der Waals surface area contributed by atoms with Gasteiger partial charge in [0, 0.05) is 54.5 Å². The van der Waals surface area contributed by atoms with Gasteiger partial charge in [-0.1, -0.05) is 18.2 Å². The Balaban J connectivity index is 1.67. The molecule has 2 aliphatic rings. The van der Waals surface area contributed by atoms with Gasteiger partial charge in [-0.3, -0.25) is 4.79 Å². The van der Waals surface area contributed by atoms with Gasteiger partial charge in [-0.15, -0.1) is 0 Å². The van der Waals surface area contributed by atoms with E-state index in [1.54, 1.807) is 7.11 Å². The van der Waals surface area contributed by atoms with Crippen LogP contribution in [0.4, 0.5) is 14.5 Å². The zero-order chi connectivity index (χ0) is 25.0. The van der Waals surface area contributed by atoms with Crippen molar-refractivity contribution in [1.82, 2.24) is 10.3 Å². The van der Waals surface area contributed by atoms with Crippen molar-refractivity contribution < 1.29 is 18.3 Å². The summed E-state index contributed by atoms with van der Waals surface area (Å²) < 4.78 is 33.2. The van der Waals surface area contributed by atoms with Gasteiger partial charge in [-0.05, 0) is 75.3 Å². The molecule has 1 aliphatic heterocycles. The number of amides is 1. The van der Waals surface area contributed by atoms with Crippen LogP contribution < -0.4 is 15.0 Å². The van der Waals surface area contributed by atoms with E-state index in [2.05, 4.69) is 40.3 Å².